The number of hydrogen-bond acceptors (Lipinski definition) is 5. The summed E-state index contributed by atoms with van der Waals surface area (Å²) in [6, 6.07) is 25.1. The van der Waals surface area contributed by atoms with E-state index in [4.69, 9.17) is 14.5 Å². The van der Waals surface area contributed by atoms with Crippen molar-refractivity contribution in [2.24, 2.45) is 5.92 Å². The quantitative estimate of drug-likeness (QED) is 0.167. The number of imidazole rings is 1. The zero-order chi connectivity index (χ0) is 29.5. The van der Waals surface area contributed by atoms with Crippen molar-refractivity contribution in [2.75, 3.05) is 26.9 Å². The second-order valence-electron chi connectivity index (χ2n) is 11.5. The molecule has 2 heterocycles. The first-order valence-electron chi connectivity index (χ1n) is 15.2. The first kappa shape index (κ1) is 29.7. The van der Waals surface area contributed by atoms with Gasteiger partial charge in [-0.1, -0.05) is 79.6 Å². The standard InChI is InChI=1S/C36H43N3O3/c1-5-6-20-39-33(34(30-15-11-26(2)12-16-30)37-35(39)32-10-8-7-9-27(32)3)24-38(23-29-19-21-42-25-29)22-28-13-17-31(18-14-28)36(40)41-4/h7-18,29H,5-6,19-25H2,1-4H3. The number of benzene rings is 3. The average molecular weight is 566 g/mol. The van der Waals surface area contributed by atoms with Crippen LogP contribution in [0.15, 0.2) is 72.8 Å². The number of carbonyl (C=O) groups is 1. The Labute approximate surface area is 250 Å². The van der Waals surface area contributed by atoms with Crippen molar-refractivity contribution in [3.05, 3.63) is 101 Å². The van der Waals surface area contributed by atoms with Crippen molar-refractivity contribution in [1.82, 2.24) is 14.5 Å². The molecule has 0 spiro atoms. The first-order chi connectivity index (χ1) is 20.5. The van der Waals surface area contributed by atoms with Crippen molar-refractivity contribution >= 4 is 5.97 Å². The van der Waals surface area contributed by atoms with Crippen molar-refractivity contribution < 1.29 is 14.3 Å². The van der Waals surface area contributed by atoms with Gasteiger partial charge in [0.15, 0.2) is 0 Å². The van der Waals surface area contributed by atoms with Gasteiger partial charge >= 0.3 is 5.97 Å². The molecule has 1 aliphatic rings. The molecule has 0 N–H and O–H groups in total. The number of unbranched alkanes of at least 4 members (excludes halogenated alkanes) is 1. The predicted molar refractivity (Wildman–Crippen MR) is 168 cm³/mol. The van der Waals surface area contributed by atoms with Crippen LogP contribution >= 0.6 is 0 Å². The lowest BCUT2D eigenvalue weighted by molar-refractivity contribution is 0.0600. The fraction of sp³-hybridized carbons (Fsp3) is 0.389. The lowest BCUT2D eigenvalue weighted by atomic mass is 10.1. The van der Waals surface area contributed by atoms with Crippen LogP contribution in [0, 0.1) is 19.8 Å². The number of methoxy groups -OCH3 is 1. The van der Waals surface area contributed by atoms with Crippen LogP contribution in [0.5, 0.6) is 0 Å². The highest BCUT2D eigenvalue weighted by molar-refractivity contribution is 5.89. The minimum absolute atomic E-state index is 0.312. The van der Waals surface area contributed by atoms with E-state index in [0.717, 1.165) is 81.3 Å². The van der Waals surface area contributed by atoms with Crippen LogP contribution in [0.3, 0.4) is 0 Å². The molecule has 0 radical (unpaired) electrons. The topological polar surface area (TPSA) is 56.6 Å². The lowest BCUT2D eigenvalue weighted by Gasteiger charge is -2.26. The number of esters is 1. The third-order valence-corrected chi connectivity index (χ3v) is 8.21. The Morgan fingerprint density at radius 1 is 1.02 bits per heavy atom. The molecule has 220 valence electrons. The molecule has 42 heavy (non-hydrogen) atoms. The Hall–Kier alpha value is -3.74. The molecule has 5 rings (SSSR count). The summed E-state index contributed by atoms with van der Waals surface area (Å²) in [5.41, 5.74) is 8.83. The van der Waals surface area contributed by atoms with E-state index >= 15 is 0 Å². The highest BCUT2D eigenvalue weighted by atomic mass is 16.5. The van der Waals surface area contributed by atoms with E-state index in [1.165, 1.54) is 29.5 Å². The summed E-state index contributed by atoms with van der Waals surface area (Å²) in [4.78, 5) is 19.9. The van der Waals surface area contributed by atoms with Crippen LogP contribution in [-0.4, -0.2) is 47.3 Å². The fourth-order valence-electron chi connectivity index (χ4n) is 5.79. The van der Waals surface area contributed by atoms with Crippen LogP contribution in [0.2, 0.25) is 0 Å². The number of hydrogen-bond donors (Lipinski definition) is 0. The van der Waals surface area contributed by atoms with E-state index in [1.807, 2.05) is 24.3 Å². The molecule has 1 aromatic heterocycles. The normalized spacial score (nSPS) is 14.9. The molecule has 0 saturated carbocycles. The summed E-state index contributed by atoms with van der Waals surface area (Å²) < 4.78 is 13.2. The van der Waals surface area contributed by atoms with Gasteiger partial charge in [0.2, 0.25) is 0 Å². The van der Waals surface area contributed by atoms with Gasteiger partial charge in [0.25, 0.3) is 0 Å². The molecule has 1 saturated heterocycles. The highest BCUT2D eigenvalue weighted by Gasteiger charge is 2.25. The van der Waals surface area contributed by atoms with Crippen LogP contribution in [0.1, 0.15) is 58.9 Å². The second-order valence-corrected chi connectivity index (χ2v) is 11.5. The summed E-state index contributed by atoms with van der Waals surface area (Å²) in [5, 5.41) is 0. The van der Waals surface area contributed by atoms with Crippen LogP contribution < -0.4 is 0 Å². The maximum Gasteiger partial charge on any atom is 0.337 e. The second kappa shape index (κ2) is 14.0. The number of ether oxygens (including phenoxy) is 2. The SMILES string of the molecule is CCCCn1c(-c2ccccc2C)nc(-c2ccc(C)cc2)c1CN(Cc1ccc(C(=O)OC)cc1)CC1CCOC1. The number of rotatable bonds is 12. The molecule has 3 aromatic carbocycles. The molecule has 4 aromatic rings. The number of nitrogens with zero attached hydrogens (tertiary/aromatic N) is 3. The molecule has 1 fully saturated rings. The molecule has 1 unspecified atom stereocenters. The maximum absolute atomic E-state index is 12.0. The Balaban J connectivity index is 1.58. The average Bonchev–Trinajstić information content (AvgIpc) is 3.64. The van der Waals surface area contributed by atoms with Crippen molar-refractivity contribution in [2.45, 2.75) is 59.7 Å². The van der Waals surface area contributed by atoms with Crippen molar-refractivity contribution in [3.63, 3.8) is 0 Å². The zero-order valence-corrected chi connectivity index (χ0v) is 25.4. The Morgan fingerprint density at radius 2 is 1.79 bits per heavy atom. The summed E-state index contributed by atoms with van der Waals surface area (Å²) in [7, 11) is 1.42. The van der Waals surface area contributed by atoms with Gasteiger partial charge in [-0.3, -0.25) is 4.90 Å². The maximum atomic E-state index is 12.0. The van der Waals surface area contributed by atoms with E-state index in [-0.39, 0.29) is 5.97 Å². The first-order valence-corrected chi connectivity index (χ1v) is 15.2. The molecule has 1 atom stereocenters. The van der Waals surface area contributed by atoms with Crippen LogP contribution in [0.25, 0.3) is 22.6 Å². The summed E-state index contributed by atoms with van der Waals surface area (Å²) in [5.74, 6) is 1.22. The molecular weight excluding hydrogens is 522 g/mol. The molecule has 0 aliphatic carbocycles. The molecule has 0 amide bonds. The van der Waals surface area contributed by atoms with E-state index < -0.39 is 0 Å². The van der Waals surface area contributed by atoms with E-state index in [0.29, 0.717) is 11.5 Å². The monoisotopic (exact) mass is 565 g/mol. The van der Waals surface area contributed by atoms with Crippen LogP contribution in [-0.2, 0) is 29.1 Å². The minimum Gasteiger partial charge on any atom is -0.465 e. The summed E-state index contributed by atoms with van der Waals surface area (Å²) in [6.45, 7) is 11.6. The number of aromatic nitrogens is 2. The molecule has 0 bridgehead atoms. The molecular formula is C36H43N3O3. The van der Waals surface area contributed by atoms with Gasteiger partial charge in [0.1, 0.15) is 5.82 Å². The van der Waals surface area contributed by atoms with Gasteiger partial charge in [-0.15, -0.1) is 0 Å². The number of aryl methyl sites for hydroxylation is 2. The van der Waals surface area contributed by atoms with Gasteiger partial charge in [0.05, 0.1) is 30.7 Å². The Bertz CT molecular complexity index is 1470. The molecule has 1 aliphatic heterocycles. The van der Waals surface area contributed by atoms with Gasteiger partial charge in [-0.25, -0.2) is 9.78 Å². The predicted octanol–water partition coefficient (Wildman–Crippen LogP) is 7.46. The van der Waals surface area contributed by atoms with Gasteiger partial charge in [-0.2, -0.15) is 0 Å². The zero-order valence-electron chi connectivity index (χ0n) is 25.4. The Morgan fingerprint density at radius 3 is 2.45 bits per heavy atom. The highest BCUT2D eigenvalue weighted by Crippen LogP contribution is 2.33. The van der Waals surface area contributed by atoms with E-state index in [9.17, 15) is 4.79 Å². The van der Waals surface area contributed by atoms with Crippen molar-refractivity contribution in [1.29, 1.82) is 0 Å². The van der Waals surface area contributed by atoms with E-state index in [2.05, 4.69) is 78.8 Å². The summed E-state index contributed by atoms with van der Waals surface area (Å²) >= 11 is 0. The summed E-state index contributed by atoms with van der Waals surface area (Å²) in [6.07, 6.45) is 3.27. The largest absolute Gasteiger partial charge is 0.465 e. The van der Waals surface area contributed by atoms with Crippen LogP contribution in [0.4, 0.5) is 0 Å². The minimum atomic E-state index is -0.312. The smallest absolute Gasteiger partial charge is 0.337 e. The third kappa shape index (κ3) is 7.00. The van der Waals surface area contributed by atoms with E-state index in [1.54, 1.807) is 0 Å². The fourth-order valence-corrected chi connectivity index (χ4v) is 5.79. The number of carbonyl (C=O) groups excluding carboxylic acids is 1. The molecule has 6 nitrogen and oxygen atoms in total. The lowest BCUT2D eigenvalue weighted by Crippen LogP contribution is -2.30. The van der Waals surface area contributed by atoms with Crippen molar-refractivity contribution in [3.8, 4) is 22.6 Å². The van der Waals surface area contributed by atoms with Gasteiger partial charge in [0, 0.05) is 43.9 Å². The molecule has 6 heteroatoms. The van der Waals surface area contributed by atoms with Gasteiger partial charge in [-0.05, 0) is 55.9 Å². The third-order valence-electron chi connectivity index (χ3n) is 8.21. The van der Waals surface area contributed by atoms with Gasteiger partial charge < -0.3 is 14.0 Å². The Kier molecular flexibility index (Phi) is 9.88.